The van der Waals surface area contributed by atoms with Gasteiger partial charge in [-0.2, -0.15) is 13.2 Å². The van der Waals surface area contributed by atoms with Gasteiger partial charge in [0.2, 0.25) is 0 Å². The van der Waals surface area contributed by atoms with E-state index in [0.717, 1.165) is 0 Å². The quantitative estimate of drug-likeness (QED) is 0.391. The summed E-state index contributed by atoms with van der Waals surface area (Å²) in [4.78, 5) is 25.8. The first-order valence-electron chi connectivity index (χ1n) is 10.4. The fourth-order valence-electron chi connectivity index (χ4n) is 3.91. The van der Waals surface area contributed by atoms with Crippen molar-refractivity contribution >= 4 is 29.1 Å². The van der Waals surface area contributed by atoms with Crippen molar-refractivity contribution in [3.8, 4) is 0 Å². The van der Waals surface area contributed by atoms with Crippen LogP contribution < -0.4 is 10.6 Å². The summed E-state index contributed by atoms with van der Waals surface area (Å²) in [6, 6.07) is 10.3. The average Bonchev–Trinajstić information content (AvgIpc) is 3.09. The Hall–Kier alpha value is -3.43. The second-order valence-electron chi connectivity index (χ2n) is 8.65. The van der Waals surface area contributed by atoms with Gasteiger partial charge in [0.25, 0.3) is 11.8 Å². The fraction of sp³-hybridized carbons (Fsp3) is 0.200. The molecule has 3 aromatic rings. The van der Waals surface area contributed by atoms with Gasteiger partial charge in [-0.25, -0.2) is 4.39 Å². The van der Waals surface area contributed by atoms with Gasteiger partial charge in [0.1, 0.15) is 5.82 Å². The first kappa shape index (κ1) is 24.7. The molecule has 35 heavy (non-hydrogen) atoms. The maximum atomic E-state index is 13.9. The summed E-state index contributed by atoms with van der Waals surface area (Å²) in [6.07, 6.45) is -4.86. The monoisotopic (exact) mass is 506 g/mol. The smallest absolute Gasteiger partial charge is 0.386 e. The standard InChI is InChI=1S/C25H19ClF4N2O3/c1-24(2,35)13-10-17-20(21(32-23(17)34)16-5-3-4-6-18(16)26)19(11-13)31-22(33)12-7-14(25(28,29)30)9-15(27)8-12/h3-11,21,35H,1-2H3,(H,31,33)(H,32,34). The molecule has 0 radical (unpaired) electrons. The number of halogens is 5. The molecular formula is C25H19ClF4N2O3. The molecule has 2 amide bonds. The molecule has 10 heteroatoms. The Morgan fingerprint density at radius 1 is 1.06 bits per heavy atom. The number of amides is 2. The van der Waals surface area contributed by atoms with E-state index in [4.69, 9.17) is 11.6 Å². The van der Waals surface area contributed by atoms with Crippen LogP contribution in [0, 0.1) is 5.82 Å². The molecule has 0 bridgehead atoms. The predicted molar refractivity (Wildman–Crippen MR) is 122 cm³/mol. The SMILES string of the molecule is CC(C)(O)c1cc(NC(=O)c2cc(F)cc(C(F)(F)F)c2)c2c(c1)C(=O)NC2c1ccccc1Cl. The number of aliphatic hydroxyl groups is 1. The average molecular weight is 507 g/mol. The van der Waals surface area contributed by atoms with Crippen molar-refractivity contribution in [1.29, 1.82) is 0 Å². The topological polar surface area (TPSA) is 78.4 Å². The van der Waals surface area contributed by atoms with Gasteiger partial charge >= 0.3 is 6.18 Å². The lowest BCUT2D eigenvalue weighted by molar-refractivity contribution is -0.137. The van der Waals surface area contributed by atoms with Crippen LogP contribution in [0.25, 0.3) is 0 Å². The van der Waals surface area contributed by atoms with Crippen LogP contribution in [0.1, 0.15) is 62.9 Å². The third-order valence-corrected chi connectivity index (χ3v) is 5.99. The number of carbonyl (C=O) groups excluding carboxylic acids is 2. The number of anilines is 1. The van der Waals surface area contributed by atoms with Gasteiger partial charge in [-0.1, -0.05) is 29.8 Å². The molecule has 1 unspecified atom stereocenters. The van der Waals surface area contributed by atoms with E-state index in [1.807, 2.05) is 0 Å². The van der Waals surface area contributed by atoms with Crippen molar-refractivity contribution in [3.63, 3.8) is 0 Å². The molecule has 1 atom stereocenters. The highest BCUT2D eigenvalue weighted by molar-refractivity contribution is 6.31. The Morgan fingerprint density at radius 3 is 2.37 bits per heavy atom. The van der Waals surface area contributed by atoms with Crippen molar-refractivity contribution in [2.45, 2.75) is 31.7 Å². The van der Waals surface area contributed by atoms with Gasteiger partial charge in [0, 0.05) is 27.4 Å². The number of benzene rings is 3. The van der Waals surface area contributed by atoms with Crippen LogP contribution in [0.5, 0.6) is 0 Å². The summed E-state index contributed by atoms with van der Waals surface area (Å²) in [7, 11) is 0. The van der Waals surface area contributed by atoms with Gasteiger partial charge in [-0.3, -0.25) is 9.59 Å². The zero-order chi connectivity index (χ0) is 25.7. The first-order valence-corrected chi connectivity index (χ1v) is 10.8. The van der Waals surface area contributed by atoms with E-state index in [1.54, 1.807) is 24.3 Å². The molecule has 1 aliphatic heterocycles. The van der Waals surface area contributed by atoms with E-state index in [0.29, 0.717) is 34.3 Å². The van der Waals surface area contributed by atoms with Gasteiger partial charge in [-0.05, 0) is 61.4 Å². The number of hydrogen-bond acceptors (Lipinski definition) is 3. The van der Waals surface area contributed by atoms with Crippen LogP contribution in [-0.2, 0) is 11.8 Å². The Morgan fingerprint density at radius 2 is 1.74 bits per heavy atom. The number of fused-ring (bicyclic) bond motifs is 1. The van der Waals surface area contributed by atoms with E-state index in [2.05, 4.69) is 10.6 Å². The first-order chi connectivity index (χ1) is 16.3. The molecule has 0 spiro atoms. The Bertz CT molecular complexity index is 1350. The van der Waals surface area contributed by atoms with Gasteiger partial charge < -0.3 is 15.7 Å². The molecule has 5 nitrogen and oxygen atoms in total. The molecule has 0 aromatic heterocycles. The Labute approximate surface area is 202 Å². The van der Waals surface area contributed by atoms with Crippen LogP contribution >= 0.6 is 11.6 Å². The van der Waals surface area contributed by atoms with Crippen molar-refractivity contribution < 1.29 is 32.3 Å². The van der Waals surface area contributed by atoms with Crippen LogP contribution in [0.15, 0.2) is 54.6 Å². The highest BCUT2D eigenvalue weighted by Crippen LogP contribution is 2.41. The van der Waals surface area contributed by atoms with Gasteiger partial charge in [-0.15, -0.1) is 0 Å². The third-order valence-electron chi connectivity index (χ3n) is 5.65. The van der Waals surface area contributed by atoms with Crippen molar-refractivity contribution in [2.24, 2.45) is 0 Å². The number of rotatable bonds is 4. The second kappa shape index (κ2) is 8.66. The molecule has 3 N–H and O–H groups in total. The van der Waals surface area contributed by atoms with E-state index in [9.17, 15) is 32.3 Å². The maximum Gasteiger partial charge on any atom is 0.416 e. The summed E-state index contributed by atoms with van der Waals surface area (Å²) in [5, 5.41) is 16.2. The molecule has 182 valence electrons. The van der Waals surface area contributed by atoms with Gasteiger partial charge in [0.15, 0.2) is 0 Å². The van der Waals surface area contributed by atoms with Crippen LogP contribution in [0.2, 0.25) is 5.02 Å². The zero-order valence-electron chi connectivity index (χ0n) is 18.4. The Balaban J connectivity index is 1.85. The molecule has 0 saturated heterocycles. The molecule has 0 fully saturated rings. The minimum atomic E-state index is -4.86. The largest absolute Gasteiger partial charge is 0.416 e. The van der Waals surface area contributed by atoms with Crippen LogP contribution in [-0.4, -0.2) is 16.9 Å². The summed E-state index contributed by atoms with van der Waals surface area (Å²) >= 11 is 6.33. The van der Waals surface area contributed by atoms with Crippen molar-refractivity contribution in [2.75, 3.05) is 5.32 Å². The zero-order valence-corrected chi connectivity index (χ0v) is 19.2. The molecule has 0 saturated carbocycles. The maximum absolute atomic E-state index is 13.9. The molecule has 1 aliphatic rings. The number of alkyl halides is 3. The normalized spacial score (nSPS) is 15.5. The molecule has 3 aromatic carbocycles. The second-order valence-corrected chi connectivity index (χ2v) is 9.06. The molecule has 1 heterocycles. The highest BCUT2D eigenvalue weighted by Gasteiger charge is 2.36. The van der Waals surface area contributed by atoms with Crippen LogP contribution in [0.4, 0.5) is 23.2 Å². The van der Waals surface area contributed by atoms with Gasteiger partial charge in [0.05, 0.1) is 17.2 Å². The number of hydrogen-bond donors (Lipinski definition) is 3. The van der Waals surface area contributed by atoms with E-state index in [-0.39, 0.29) is 16.8 Å². The summed E-state index contributed by atoms with van der Waals surface area (Å²) < 4.78 is 53.3. The third kappa shape index (κ3) is 4.87. The van der Waals surface area contributed by atoms with E-state index >= 15 is 0 Å². The van der Waals surface area contributed by atoms with Crippen molar-refractivity contribution in [3.05, 3.63) is 98.8 Å². The Kier molecular flexibility index (Phi) is 6.11. The number of carbonyl (C=O) groups is 2. The fourth-order valence-corrected chi connectivity index (χ4v) is 4.16. The van der Waals surface area contributed by atoms with E-state index in [1.165, 1.54) is 26.0 Å². The predicted octanol–water partition coefficient (Wildman–Crippen LogP) is 5.81. The minimum absolute atomic E-state index is 0.0608. The lowest BCUT2D eigenvalue weighted by Crippen LogP contribution is -2.21. The van der Waals surface area contributed by atoms with E-state index < -0.39 is 46.6 Å². The summed E-state index contributed by atoms with van der Waals surface area (Å²) in [5.41, 5.74) is -1.97. The lowest BCUT2D eigenvalue weighted by Gasteiger charge is -2.23. The lowest BCUT2D eigenvalue weighted by atomic mass is 9.90. The molecule has 0 aliphatic carbocycles. The molecule has 4 rings (SSSR count). The highest BCUT2D eigenvalue weighted by atomic mass is 35.5. The van der Waals surface area contributed by atoms with Crippen molar-refractivity contribution in [1.82, 2.24) is 5.32 Å². The molecular weight excluding hydrogens is 488 g/mol. The van der Waals surface area contributed by atoms with Crippen LogP contribution in [0.3, 0.4) is 0 Å². The summed E-state index contributed by atoms with van der Waals surface area (Å²) in [5.74, 6) is -2.75. The summed E-state index contributed by atoms with van der Waals surface area (Å²) in [6.45, 7) is 2.95. The minimum Gasteiger partial charge on any atom is -0.386 e. The number of nitrogens with one attached hydrogen (secondary N) is 2.